The Hall–Kier alpha value is -1.70. The molecule has 2 heterocycles. The van der Waals surface area contributed by atoms with Crippen LogP contribution in [0.3, 0.4) is 0 Å². The lowest BCUT2D eigenvalue weighted by molar-refractivity contribution is -0.154. The maximum absolute atomic E-state index is 14.7. The monoisotopic (exact) mass is 386 g/mol. The third kappa shape index (κ3) is 3.95. The highest BCUT2D eigenvalue weighted by atomic mass is 19.3. The van der Waals surface area contributed by atoms with E-state index in [4.69, 9.17) is 9.47 Å². The highest BCUT2D eigenvalue weighted by Gasteiger charge is 2.63. The van der Waals surface area contributed by atoms with Crippen molar-refractivity contribution in [1.29, 1.82) is 0 Å². The van der Waals surface area contributed by atoms with Gasteiger partial charge in [0.1, 0.15) is 12.2 Å². The fourth-order valence-corrected chi connectivity index (χ4v) is 4.33. The number of carbonyl (C=O) groups is 2. The first-order chi connectivity index (χ1) is 12.5. The lowest BCUT2D eigenvalue weighted by Gasteiger charge is -2.43. The predicted molar refractivity (Wildman–Crippen MR) is 94.5 cm³/mol. The molecule has 0 unspecified atom stereocenters. The van der Waals surface area contributed by atoms with Crippen LogP contribution < -0.4 is 0 Å². The zero-order valence-electron chi connectivity index (χ0n) is 16.1. The van der Waals surface area contributed by atoms with Crippen LogP contribution in [-0.2, 0) is 14.3 Å². The number of ether oxygens (including phenoxy) is 2. The second-order valence-electron chi connectivity index (χ2n) is 8.65. The summed E-state index contributed by atoms with van der Waals surface area (Å²) >= 11 is 0. The molecule has 3 fully saturated rings. The molecule has 152 valence electrons. The summed E-state index contributed by atoms with van der Waals surface area (Å²) in [5.41, 5.74) is -0.726. The second-order valence-corrected chi connectivity index (χ2v) is 8.65. The number of fused-ring (bicyclic) bond motifs is 1. The summed E-state index contributed by atoms with van der Waals surface area (Å²) in [5, 5.41) is 0. The molecule has 1 amide bonds. The van der Waals surface area contributed by atoms with Gasteiger partial charge in [0, 0.05) is 12.6 Å². The van der Waals surface area contributed by atoms with Gasteiger partial charge in [0.25, 0.3) is 5.92 Å². The summed E-state index contributed by atoms with van der Waals surface area (Å²) in [6, 6.07) is -1.65. The van der Waals surface area contributed by atoms with Gasteiger partial charge in [0.05, 0.1) is 24.5 Å². The molecule has 3 rings (SSSR count). The highest BCUT2D eigenvalue weighted by Crippen LogP contribution is 2.46. The lowest BCUT2D eigenvalue weighted by atomic mass is 9.79. The number of likely N-dealkylation sites (tertiary alicyclic amines) is 2. The standard InChI is InChI=1S/C19H28F2N2O4/c1-5-8-26-16(24)12-9-13(10-12)22-7-6-14-15(22)19(20,21)11-23(14)17(25)27-18(2,3)4/h5,12-15H,1,6-11H2,2-4H3/t12?,13?,14-,15+/m0/s1. The smallest absolute Gasteiger partial charge is 0.410 e. The number of halogens is 2. The Kier molecular flexibility index (Phi) is 5.22. The van der Waals surface area contributed by atoms with Gasteiger partial charge in [-0.25, -0.2) is 13.6 Å². The van der Waals surface area contributed by atoms with Crippen molar-refractivity contribution in [2.24, 2.45) is 5.92 Å². The molecule has 0 aromatic rings. The van der Waals surface area contributed by atoms with Crippen LogP contribution in [0.4, 0.5) is 13.6 Å². The van der Waals surface area contributed by atoms with Crippen LogP contribution in [-0.4, -0.2) is 71.2 Å². The molecular weight excluding hydrogens is 358 g/mol. The molecule has 0 bridgehead atoms. The van der Waals surface area contributed by atoms with E-state index < -0.39 is 36.2 Å². The molecular formula is C19H28F2N2O4. The van der Waals surface area contributed by atoms with E-state index in [0.29, 0.717) is 25.8 Å². The van der Waals surface area contributed by atoms with Crippen LogP contribution in [0, 0.1) is 5.92 Å². The number of esters is 1. The summed E-state index contributed by atoms with van der Waals surface area (Å²) in [7, 11) is 0. The largest absolute Gasteiger partial charge is 0.461 e. The average Bonchev–Trinajstić information content (AvgIpc) is 3.02. The number of rotatable bonds is 4. The van der Waals surface area contributed by atoms with E-state index in [1.807, 2.05) is 0 Å². The number of nitrogens with zero attached hydrogens (tertiary/aromatic N) is 2. The molecule has 6 nitrogen and oxygen atoms in total. The van der Waals surface area contributed by atoms with Crippen LogP contribution in [0.5, 0.6) is 0 Å². The van der Waals surface area contributed by atoms with E-state index in [2.05, 4.69) is 6.58 Å². The maximum Gasteiger partial charge on any atom is 0.410 e. The SMILES string of the molecule is C=CCOC(=O)C1CC(N2CC[C@H]3[C@@H]2C(F)(F)CN3C(=O)OC(C)(C)C)C1. The molecule has 27 heavy (non-hydrogen) atoms. The first-order valence-electron chi connectivity index (χ1n) is 9.44. The van der Waals surface area contributed by atoms with E-state index in [1.54, 1.807) is 25.7 Å². The number of carbonyl (C=O) groups excluding carboxylic acids is 2. The number of hydrogen-bond donors (Lipinski definition) is 0. The minimum Gasteiger partial charge on any atom is -0.461 e. The molecule has 2 aliphatic heterocycles. The van der Waals surface area contributed by atoms with Crippen molar-refractivity contribution in [3.63, 3.8) is 0 Å². The van der Waals surface area contributed by atoms with Gasteiger partial charge in [0.15, 0.2) is 0 Å². The summed E-state index contributed by atoms with van der Waals surface area (Å²) in [5.74, 6) is -3.53. The first kappa shape index (κ1) is 20.0. The summed E-state index contributed by atoms with van der Waals surface area (Å²) in [6.07, 6.45) is 2.34. The molecule has 3 aliphatic rings. The molecule has 1 saturated carbocycles. The minimum absolute atomic E-state index is 0.0780. The third-order valence-corrected chi connectivity index (χ3v) is 5.51. The van der Waals surface area contributed by atoms with Crippen molar-refractivity contribution in [1.82, 2.24) is 9.80 Å². The molecule has 8 heteroatoms. The fourth-order valence-electron chi connectivity index (χ4n) is 4.33. The van der Waals surface area contributed by atoms with Crippen LogP contribution >= 0.6 is 0 Å². The number of alkyl halides is 2. The molecule has 0 radical (unpaired) electrons. The van der Waals surface area contributed by atoms with Crippen LogP contribution in [0.25, 0.3) is 0 Å². The van der Waals surface area contributed by atoms with Crippen molar-refractivity contribution in [2.75, 3.05) is 19.7 Å². The number of amides is 1. The van der Waals surface area contributed by atoms with Crippen molar-refractivity contribution in [3.05, 3.63) is 12.7 Å². The Labute approximate surface area is 158 Å². The lowest BCUT2D eigenvalue weighted by Crippen LogP contribution is -2.55. The minimum atomic E-state index is -2.99. The van der Waals surface area contributed by atoms with Gasteiger partial charge < -0.3 is 9.47 Å². The van der Waals surface area contributed by atoms with E-state index in [9.17, 15) is 18.4 Å². The van der Waals surface area contributed by atoms with E-state index in [0.717, 1.165) is 0 Å². The topological polar surface area (TPSA) is 59.1 Å². The predicted octanol–water partition coefficient (Wildman–Crippen LogP) is 2.82. The quantitative estimate of drug-likeness (QED) is 0.549. The fraction of sp³-hybridized carbons (Fsp3) is 0.789. The Morgan fingerprint density at radius 3 is 2.56 bits per heavy atom. The summed E-state index contributed by atoms with van der Waals surface area (Å²) < 4.78 is 39.8. The molecule has 0 aromatic heterocycles. The average molecular weight is 386 g/mol. The van der Waals surface area contributed by atoms with Gasteiger partial charge in [-0.05, 0) is 40.0 Å². The van der Waals surface area contributed by atoms with Crippen molar-refractivity contribution in [2.45, 2.75) is 69.7 Å². The Morgan fingerprint density at radius 1 is 1.30 bits per heavy atom. The van der Waals surface area contributed by atoms with Gasteiger partial charge in [-0.15, -0.1) is 0 Å². The molecule has 1 aliphatic carbocycles. The second kappa shape index (κ2) is 7.04. The van der Waals surface area contributed by atoms with Crippen LogP contribution in [0.2, 0.25) is 0 Å². The molecule has 0 aromatic carbocycles. The first-order valence-corrected chi connectivity index (χ1v) is 9.44. The molecule has 0 N–H and O–H groups in total. The van der Waals surface area contributed by atoms with Gasteiger partial charge in [0.2, 0.25) is 0 Å². The van der Waals surface area contributed by atoms with Gasteiger partial charge >= 0.3 is 12.1 Å². The van der Waals surface area contributed by atoms with Gasteiger partial charge in [-0.1, -0.05) is 12.7 Å². The maximum atomic E-state index is 14.7. The third-order valence-electron chi connectivity index (χ3n) is 5.51. The van der Waals surface area contributed by atoms with Crippen molar-refractivity contribution in [3.8, 4) is 0 Å². The van der Waals surface area contributed by atoms with Crippen LogP contribution in [0.15, 0.2) is 12.7 Å². The Bertz CT molecular complexity index is 613. The molecule has 0 spiro atoms. The Morgan fingerprint density at radius 2 is 1.96 bits per heavy atom. The van der Waals surface area contributed by atoms with Gasteiger partial charge in [-0.2, -0.15) is 0 Å². The normalized spacial score (nSPS) is 32.6. The zero-order chi connectivity index (χ0) is 20.0. The molecule has 2 atom stereocenters. The van der Waals surface area contributed by atoms with Crippen molar-refractivity contribution >= 4 is 12.1 Å². The van der Waals surface area contributed by atoms with E-state index >= 15 is 0 Å². The van der Waals surface area contributed by atoms with E-state index in [1.165, 1.54) is 11.0 Å². The Balaban J connectivity index is 1.63. The number of hydrogen-bond acceptors (Lipinski definition) is 5. The summed E-state index contributed by atoms with van der Waals surface area (Å²) in [4.78, 5) is 27.2. The molecule has 2 saturated heterocycles. The van der Waals surface area contributed by atoms with Crippen molar-refractivity contribution < 1.29 is 27.8 Å². The highest BCUT2D eigenvalue weighted by molar-refractivity contribution is 5.74. The van der Waals surface area contributed by atoms with Gasteiger partial charge in [-0.3, -0.25) is 14.6 Å². The summed E-state index contributed by atoms with van der Waals surface area (Å²) in [6.45, 7) is 8.69. The zero-order valence-corrected chi connectivity index (χ0v) is 16.1. The van der Waals surface area contributed by atoms with E-state index in [-0.39, 0.29) is 24.5 Å². The van der Waals surface area contributed by atoms with Crippen LogP contribution in [0.1, 0.15) is 40.0 Å².